The van der Waals surface area contributed by atoms with E-state index in [0.717, 1.165) is 76.2 Å². The van der Waals surface area contributed by atoms with E-state index in [0.29, 0.717) is 5.57 Å². The lowest BCUT2D eigenvalue weighted by molar-refractivity contribution is -0.140. The molecule has 6 heteroatoms. The fourth-order valence-electron chi connectivity index (χ4n) is 4.89. The van der Waals surface area contributed by atoms with Crippen LogP contribution in [0.3, 0.4) is 0 Å². The highest BCUT2D eigenvalue weighted by molar-refractivity contribution is 6.03. The summed E-state index contributed by atoms with van der Waals surface area (Å²) in [6.07, 6.45) is 0. The van der Waals surface area contributed by atoms with Crippen LogP contribution in [0.15, 0.2) is 77.2 Å². The van der Waals surface area contributed by atoms with E-state index in [2.05, 4.69) is 86.2 Å². The van der Waals surface area contributed by atoms with Gasteiger partial charge >= 0.3 is 5.97 Å². The van der Waals surface area contributed by atoms with Gasteiger partial charge in [0.2, 0.25) is 5.36 Å². The van der Waals surface area contributed by atoms with Crippen LogP contribution in [0, 0.1) is 0 Å². The lowest BCUT2D eigenvalue weighted by atomic mass is 9.91. The van der Waals surface area contributed by atoms with Crippen LogP contribution in [0.4, 0.5) is 5.69 Å². The minimum absolute atomic E-state index is 0. The lowest BCUT2D eigenvalue weighted by Crippen LogP contribution is -3.00. The molecule has 0 radical (unpaired) electrons. The van der Waals surface area contributed by atoms with E-state index < -0.39 is 0 Å². The van der Waals surface area contributed by atoms with Gasteiger partial charge in [0, 0.05) is 53.0 Å². The number of fused-ring (bicyclic) bond motifs is 2. The minimum atomic E-state index is -0.389. The van der Waals surface area contributed by atoms with Crippen molar-refractivity contribution in [1.29, 1.82) is 0 Å². The van der Waals surface area contributed by atoms with Gasteiger partial charge in [-0.1, -0.05) is 30.8 Å². The van der Waals surface area contributed by atoms with Gasteiger partial charge in [-0.3, -0.25) is 0 Å². The topological polar surface area (TPSA) is 45.7 Å². The smallest absolute Gasteiger partial charge is 0.333 e. The maximum Gasteiger partial charge on any atom is 0.333 e. The van der Waals surface area contributed by atoms with E-state index in [1.807, 2.05) is 18.2 Å². The molecule has 200 valence electrons. The van der Waals surface area contributed by atoms with Crippen LogP contribution < -0.4 is 27.2 Å². The Balaban J connectivity index is 0.00000400. The monoisotopic (exact) mass is 532 g/mol. The molecule has 1 aliphatic carbocycles. The summed E-state index contributed by atoms with van der Waals surface area (Å²) < 4.78 is 14.5. The second kappa shape index (κ2) is 12.8. The summed E-state index contributed by atoms with van der Waals surface area (Å²) in [5, 5.41) is 2.16. The number of nitrogens with zero attached hydrogens (tertiary/aromatic N) is 2. The van der Waals surface area contributed by atoms with Crippen molar-refractivity contribution in [3.63, 3.8) is 0 Å². The number of anilines is 1. The summed E-state index contributed by atoms with van der Waals surface area (Å²) in [5.74, 6) is 0.442. The van der Waals surface area contributed by atoms with Crippen molar-refractivity contribution in [2.75, 3.05) is 31.1 Å². The second-order valence-electron chi connectivity index (χ2n) is 9.20. The Kier molecular flexibility index (Phi) is 9.76. The quantitative estimate of drug-likeness (QED) is 0.143. The van der Waals surface area contributed by atoms with Crippen LogP contribution >= 0.6 is 0 Å². The molecule has 2 aromatic rings. The Bertz CT molecular complexity index is 1480. The van der Waals surface area contributed by atoms with Crippen LogP contribution in [0.25, 0.3) is 33.4 Å². The first-order chi connectivity index (χ1) is 17.9. The third kappa shape index (κ3) is 5.78. The molecule has 0 bridgehead atoms. The van der Waals surface area contributed by atoms with Gasteiger partial charge in [-0.15, -0.1) is 0 Å². The Labute approximate surface area is 231 Å². The van der Waals surface area contributed by atoms with E-state index in [-0.39, 0.29) is 25.0 Å². The van der Waals surface area contributed by atoms with Gasteiger partial charge in [-0.05, 0) is 63.9 Å². The van der Waals surface area contributed by atoms with Crippen LogP contribution in [-0.4, -0.2) is 32.1 Å². The molecule has 0 aromatic heterocycles. The number of esters is 1. The highest BCUT2D eigenvalue weighted by Crippen LogP contribution is 2.42. The Morgan fingerprint density at radius 2 is 1.66 bits per heavy atom. The molecule has 5 nitrogen and oxygen atoms in total. The summed E-state index contributed by atoms with van der Waals surface area (Å²) in [5.41, 5.74) is 6.42. The van der Waals surface area contributed by atoms with E-state index in [1.165, 1.54) is 0 Å². The van der Waals surface area contributed by atoms with Crippen molar-refractivity contribution in [3.05, 3.63) is 83.7 Å². The fourth-order valence-corrected chi connectivity index (χ4v) is 4.89. The molecule has 0 N–H and O–H groups in total. The third-order valence-electron chi connectivity index (χ3n) is 6.94. The molecule has 0 unspecified atom stereocenters. The highest BCUT2D eigenvalue weighted by Gasteiger charge is 2.21. The number of hydrogen-bond acceptors (Lipinski definition) is 4. The van der Waals surface area contributed by atoms with Gasteiger partial charge in [-0.2, -0.15) is 0 Å². The lowest BCUT2D eigenvalue weighted by Gasteiger charge is -2.23. The molecule has 1 heterocycles. The molecule has 0 saturated carbocycles. The molecule has 0 saturated heterocycles. The van der Waals surface area contributed by atoms with Crippen molar-refractivity contribution >= 4 is 22.6 Å². The van der Waals surface area contributed by atoms with Gasteiger partial charge in [0.05, 0.1) is 6.07 Å². The predicted molar refractivity (Wildman–Crippen MR) is 153 cm³/mol. The summed E-state index contributed by atoms with van der Waals surface area (Å²) in [6.45, 7) is 17.9. The number of rotatable bonds is 9. The number of carbonyl (C=O) groups excluding carboxylic acids is 1. The minimum Gasteiger partial charge on any atom is -1.00 e. The maximum atomic E-state index is 12.2. The molecule has 0 atom stereocenters. The first-order valence-corrected chi connectivity index (χ1v) is 13.2. The van der Waals surface area contributed by atoms with Gasteiger partial charge in [0.25, 0.3) is 0 Å². The molecular weight excluding hydrogens is 496 g/mol. The Hall–Kier alpha value is -3.57. The second-order valence-corrected chi connectivity index (χ2v) is 9.20. The van der Waals surface area contributed by atoms with E-state index in [1.54, 1.807) is 6.92 Å². The largest absolute Gasteiger partial charge is 1.00 e. The molecule has 2 aliphatic rings. The molecule has 1 aliphatic heterocycles. The third-order valence-corrected chi connectivity index (χ3v) is 6.94. The number of hydrogen-bond donors (Lipinski definition) is 0. The van der Waals surface area contributed by atoms with Crippen molar-refractivity contribution in [2.45, 2.75) is 41.2 Å². The van der Waals surface area contributed by atoms with Crippen LogP contribution in [0.1, 0.15) is 40.2 Å². The zero-order valence-electron chi connectivity index (χ0n) is 23.0. The van der Waals surface area contributed by atoms with E-state index in [9.17, 15) is 4.79 Å². The first kappa shape index (κ1) is 29.0. The summed E-state index contributed by atoms with van der Waals surface area (Å²) in [4.78, 5) is 14.5. The fraction of sp³-hybridized carbons (Fsp3) is 0.312. The van der Waals surface area contributed by atoms with Gasteiger partial charge < -0.3 is 26.5 Å². The maximum absolute atomic E-state index is 12.2. The number of halogens is 1. The summed E-state index contributed by atoms with van der Waals surface area (Å²) in [7, 11) is 0. The molecular formula is C32H37ClN2O3. The van der Waals surface area contributed by atoms with E-state index >= 15 is 0 Å². The number of benzene rings is 3. The molecule has 0 spiro atoms. The molecule has 0 amide bonds. The zero-order valence-corrected chi connectivity index (χ0v) is 23.8. The average Bonchev–Trinajstić information content (AvgIpc) is 2.91. The normalized spacial score (nSPS) is 10.8. The number of carbonyl (C=O) groups is 1. The summed E-state index contributed by atoms with van der Waals surface area (Å²) in [6, 6.07) is 21.0. The van der Waals surface area contributed by atoms with Crippen molar-refractivity contribution < 1.29 is 26.4 Å². The molecule has 0 fully saturated rings. The Morgan fingerprint density at radius 3 is 2.32 bits per heavy atom. The van der Waals surface area contributed by atoms with Crippen LogP contribution in [-0.2, 0) is 16.1 Å². The van der Waals surface area contributed by atoms with E-state index in [4.69, 9.17) is 9.15 Å². The Morgan fingerprint density at radius 1 is 0.947 bits per heavy atom. The molecule has 2 aromatic carbocycles. The van der Waals surface area contributed by atoms with Crippen molar-refractivity contribution in [2.24, 2.45) is 0 Å². The zero-order chi connectivity index (χ0) is 26.5. The standard InChI is InChI=1S/C32H37N2O3.ClH/c1-7-33(8-2)24-15-17-27-29(19-24)37-30-20-25(34(9-3)10-4)16-18-28(30)31(27)26-14-12-11-13-23(26)21-36-32(35)22(5)6;/h11-20H,5,7-10,21H2,1-4,6H3;1H/q+1;/p-1. The van der Waals surface area contributed by atoms with Crippen molar-refractivity contribution in [1.82, 2.24) is 4.58 Å². The predicted octanol–water partition coefficient (Wildman–Crippen LogP) is 3.49. The van der Waals surface area contributed by atoms with Gasteiger partial charge in [0.1, 0.15) is 31.0 Å². The van der Waals surface area contributed by atoms with Crippen LogP contribution in [0.5, 0.6) is 0 Å². The van der Waals surface area contributed by atoms with Crippen LogP contribution in [0.2, 0.25) is 0 Å². The summed E-state index contributed by atoms with van der Waals surface area (Å²) >= 11 is 0. The first-order valence-electron chi connectivity index (χ1n) is 13.2. The van der Waals surface area contributed by atoms with Gasteiger partial charge in [-0.25, -0.2) is 9.37 Å². The number of ether oxygens (including phenoxy) is 1. The molecule has 4 rings (SSSR count). The molecule has 38 heavy (non-hydrogen) atoms. The van der Waals surface area contributed by atoms with Gasteiger partial charge in [0.15, 0.2) is 0 Å². The van der Waals surface area contributed by atoms with Crippen molar-refractivity contribution in [3.8, 4) is 22.5 Å². The highest BCUT2D eigenvalue weighted by atomic mass is 35.5. The SMILES string of the molecule is C=C(C)C(=O)OCc1ccccc1-c1c2ccc(=[N+](CC)CC)cc-2oc2cc(N(CC)CC)ccc12.[Cl-]. The average molecular weight is 533 g/mol.